The molecular formula is C9H22N2. The van der Waals surface area contributed by atoms with Crippen LogP contribution in [0.15, 0.2) is 0 Å². The highest BCUT2D eigenvalue weighted by Gasteiger charge is 2.01. The average Bonchev–Trinajstić information content (AvgIpc) is 2.00. The number of hydrogen-bond acceptors (Lipinski definition) is 2. The molecule has 0 saturated heterocycles. The van der Waals surface area contributed by atoms with Gasteiger partial charge in [0.15, 0.2) is 0 Å². The standard InChI is InChI=1S/C9H22N2/c1-5-6-7-11(4)8-9(2)10-3/h9-10H,5-8H2,1-4H3. The molecule has 0 rings (SSSR count). The smallest absolute Gasteiger partial charge is 0.0163 e. The van der Waals surface area contributed by atoms with Gasteiger partial charge in [0, 0.05) is 12.6 Å². The van der Waals surface area contributed by atoms with Gasteiger partial charge in [0.1, 0.15) is 0 Å². The van der Waals surface area contributed by atoms with E-state index in [-0.39, 0.29) is 0 Å². The Morgan fingerprint density at radius 3 is 2.55 bits per heavy atom. The molecule has 0 aliphatic carbocycles. The second kappa shape index (κ2) is 6.62. The Labute approximate surface area is 71.0 Å². The number of hydrogen-bond donors (Lipinski definition) is 1. The number of nitrogens with zero attached hydrogens (tertiary/aromatic N) is 1. The van der Waals surface area contributed by atoms with Crippen molar-refractivity contribution in [2.75, 3.05) is 27.2 Å². The fourth-order valence-electron chi connectivity index (χ4n) is 1.08. The summed E-state index contributed by atoms with van der Waals surface area (Å²) in [6.45, 7) is 6.82. The Morgan fingerprint density at radius 1 is 1.45 bits per heavy atom. The summed E-state index contributed by atoms with van der Waals surface area (Å²) < 4.78 is 0. The van der Waals surface area contributed by atoms with E-state index in [9.17, 15) is 0 Å². The summed E-state index contributed by atoms with van der Waals surface area (Å²) in [6.07, 6.45) is 2.60. The van der Waals surface area contributed by atoms with Gasteiger partial charge in [0.2, 0.25) is 0 Å². The van der Waals surface area contributed by atoms with E-state index in [1.165, 1.54) is 19.4 Å². The van der Waals surface area contributed by atoms with E-state index >= 15 is 0 Å². The highest BCUT2D eigenvalue weighted by atomic mass is 15.1. The van der Waals surface area contributed by atoms with Crippen LogP contribution in [0.25, 0.3) is 0 Å². The monoisotopic (exact) mass is 158 g/mol. The molecular weight excluding hydrogens is 136 g/mol. The fourth-order valence-corrected chi connectivity index (χ4v) is 1.08. The lowest BCUT2D eigenvalue weighted by atomic mass is 10.3. The molecule has 0 radical (unpaired) electrons. The zero-order valence-corrected chi connectivity index (χ0v) is 8.35. The van der Waals surface area contributed by atoms with Gasteiger partial charge in [-0.3, -0.25) is 0 Å². The van der Waals surface area contributed by atoms with Crippen molar-refractivity contribution in [1.29, 1.82) is 0 Å². The van der Waals surface area contributed by atoms with Gasteiger partial charge in [-0.1, -0.05) is 13.3 Å². The number of unbranched alkanes of at least 4 members (excludes halogenated alkanes) is 1. The maximum Gasteiger partial charge on any atom is 0.0163 e. The summed E-state index contributed by atoms with van der Waals surface area (Å²) in [4.78, 5) is 2.38. The molecule has 0 amide bonds. The van der Waals surface area contributed by atoms with Crippen molar-refractivity contribution in [3.8, 4) is 0 Å². The Bertz CT molecular complexity index is 83.6. The average molecular weight is 158 g/mol. The molecule has 2 nitrogen and oxygen atoms in total. The molecule has 0 aromatic heterocycles. The number of likely N-dealkylation sites (N-methyl/N-ethyl adjacent to an activating group) is 2. The van der Waals surface area contributed by atoms with E-state index in [0.717, 1.165) is 6.54 Å². The van der Waals surface area contributed by atoms with Crippen molar-refractivity contribution >= 4 is 0 Å². The van der Waals surface area contributed by atoms with Gasteiger partial charge in [0.25, 0.3) is 0 Å². The van der Waals surface area contributed by atoms with Crippen molar-refractivity contribution in [3.63, 3.8) is 0 Å². The lowest BCUT2D eigenvalue weighted by Crippen LogP contribution is -2.35. The Morgan fingerprint density at radius 2 is 2.09 bits per heavy atom. The highest BCUT2D eigenvalue weighted by Crippen LogP contribution is 1.92. The first kappa shape index (κ1) is 10.9. The lowest BCUT2D eigenvalue weighted by Gasteiger charge is -2.20. The third-order valence-corrected chi connectivity index (χ3v) is 1.97. The van der Waals surface area contributed by atoms with Crippen molar-refractivity contribution in [1.82, 2.24) is 10.2 Å². The second-order valence-electron chi connectivity index (χ2n) is 3.31. The third-order valence-electron chi connectivity index (χ3n) is 1.97. The van der Waals surface area contributed by atoms with Crippen LogP contribution in [0, 0.1) is 0 Å². The quantitative estimate of drug-likeness (QED) is 0.627. The van der Waals surface area contributed by atoms with Gasteiger partial charge in [-0.05, 0) is 34.0 Å². The molecule has 0 aromatic rings. The topological polar surface area (TPSA) is 15.3 Å². The van der Waals surface area contributed by atoms with Gasteiger partial charge in [-0.25, -0.2) is 0 Å². The van der Waals surface area contributed by atoms with Crippen molar-refractivity contribution < 1.29 is 0 Å². The van der Waals surface area contributed by atoms with Crippen LogP contribution < -0.4 is 5.32 Å². The van der Waals surface area contributed by atoms with E-state index in [1.807, 2.05) is 7.05 Å². The maximum atomic E-state index is 3.23. The molecule has 0 fully saturated rings. The van der Waals surface area contributed by atoms with Gasteiger partial charge in [0.05, 0.1) is 0 Å². The van der Waals surface area contributed by atoms with Crippen molar-refractivity contribution in [2.45, 2.75) is 32.7 Å². The first-order valence-electron chi connectivity index (χ1n) is 4.56. The minimum Gasteiger partial charge on any atom is -0.316 e. The molecule has 0 bridgehead atoms. The van der Waals surface area contributed by atoms with E-state index in [2.05, 4.69) is 31.1 Å². The summed E-state index contributed by atoms with van der Waals surface area (Å²) in [6, 6.07) is 0.608. The zero-order valence-electron chi connectivity index (χ0n) is 8.35. The predicted molar refractivity (Wildman–Crippen MR) is 50.9 cm³/mol. The van der Waals surface area contributed by atoms with Crippen LogP contribution in [0.3, 0.4) is 0 Å². The Balaban J connectivity index is 3.27. The van der Waals surface area contributed by atoms with E-state index in [4.69, 9.17) is 0 Å². The van der Waals surface area contributed by atoms with E-state index < -0.39 is 0 Å². The second-order valence-corrected chi connectivity index (χ2v) is 3.31. The zero-order chi connectivity index (χ0) is 8.69. The fraction of sp³-hybridized carbons (Fsp3) is 1.00. The summed E-state index contributed by atoms with van der Waals surface area (Å²) in [5, 5.41) is 3.23. The molecule has 68 valence electrons. The molecule has 1 atom stereocenters. The van der Waals surface area contributed by atoms with Gasteiger partial charge in [-0.15, -0.1) is 0 Å². The minimum atomic E-state index is 0.608. The van der Waals surface area contributed by atoms with Crippen LogP contribution in [0.2, 0.25) is 0 Å². The summed E-state index contributed by atoms with van der Waals surface area (Å²) in [5.74, 6) is 0. The summed E-state index contributed by atoms with van der Waals surface area (Å²) in [5.41, 5.74) is 0. The van der Waals surface area contributed by atoms with Crippen LogP contribution in [-0.2, 0) is 0 Å². The summed E-state index contributed by atoms with van der Waals surface area (Å²) in [7, 11) is 4.20. The molecule has 0 heterocycles. The van der Waals surface area contributed by atoms with Crippen LogP contribution in [-0.4, -0.2) is 38.1 Å². The molecule has 1 N–H and O–H groups in total. The Kier molecular flexibility index (Phi) is 6.57. The molecule has 0 aromatic carbocycles. The number of nitrogens with one attached hydrogen (secondary N) is 1. The molecule has 2 heteroatoms. The minimum absolute atomic E-state index is 0.608. The maximum absolute atomic E-state index is 3.23. The van der Waals surface area contributed by atoms with Crippen molar-refractivity contribution in [2.24, 2.45) is 0 Å². The van der Waals surface area contributed by atoms with Crippen LogP contribution >= 0.6 is 0 Å². The molecule has 0 aliphatic heterocycles. The SMILES string of the molecule is CCCCN(C)CC(C)NC. The lowest BCUT2D eigenvalue weighted by molar-refractivity contribution is 0.298. The Hall–Kier alpha value is -0.0800. The first-order chi connectivity index (χ1) is 5.20. The van der Waals surface area contributed by atoms with Gasteiger partial charge in [-0.2, -0.15) is 0 Å². The predicted octanol–water partition coefficient (Wildman–Crippen LogP) is 1.33. The molecule has 11 heavy (non-hydrogen) atoms. The van der Waals surface area contributed by atoms with E-state index in [1.54, 1.807) is 0 Å². The van der Waals surface area contributed by atoms with Crippen LogP contribution in [0.5, 0.6) is 0 Å². The normalized spacial score (nSPS) is 13.9. The van der Waals surface area contributed by atoms with Gasteiger partial charge < -0.3 is 10.2 Å². The van der Waals surface area contributed by atoms with Gasteiger partial charge >= 0.3 is 0 Å². The van der Waals surface area contributed by atoms with E-state index in [0.29, 0.717) is 6.04 Å². The third kappa shape index (κ3) is 6.32. The van der Waals surface area contributed by atoms with Crippen LogP contribution in [0.4, 0.5) is 0 Å². The first-order valence-corrected chi connectivity index (χ1v) is 4.56. The van der Waals surface area contributed by atoms with Crippen LogP contribution in [0.1, 0.15) is 26.7 Å². The van der Waals surface area contributed by atoms with Crippen molar-refractivity contribution in [3.05, 3.63) is 0 Å². The molecule has 0 saturated carbocycles. The highest BCUT2D eigenvalue weighted by molar-refractivity contribution is 4.62. The molecule has 0 aliphatic rings. The largest absolute Gasteiger partial charge is 0.316 e. The molecule has 1 unspecified atom stereocenters. The number of rotatable bonds is 6. The molecule has 0 spiro atoms. The summed E-state index contributed by atoms with van der Waals surface area (Å²) >= 11 is 0.